The Hall–Kier alpha value is -0.850. The standard InChI is InChI=1S/C19H36N2.C5H10.H2O4S.H2O3S/c1-2-3-4-5-6-7-8-9-10-11-12-13-14-15-17-21-18-16-20-19-21;1-2-5-3-4-5;1-5(2,3)4;1-4(2)3/h16,18-19H,2-15,17H2,1H3;5H,2-4H2,1H3;(H2,1,2,3,4);(H2,1,2,3)/p-1. The maximum atomic E-state index is 8.74. The predicted octanol–water partition coefficient (Wildman–Crippen LogP) is 6.86. The Balaban J connectivity index is 0. The van der Waals surface area contributed by atoms with Crippen LogP contribution in [0.1, 0.15) is 123 Å². The lowest BCUT2D eigenvalue weighted by Crippen LogP contribution is -1.93. The third-order valence-electron chi connectivity index (χ3n) is 5.60. The topological polar surface area (TPSA) is 153 Å². The van der Waals surface area contributed by atoms with Crippen LogP contribution in [0.25, 0.3) is 0 Å². The fourth-order valence-corrected chi connectivity index (χ4v) is 3.43. The molecule has 0 spiro atoms. The molecular weight excluding hydrogens is 492 g/mol. The first-order chi connectivity index (χ1) is 16.6. The van der Waals surface area contributed by atoms with Crippen LogP contribution in [0.2, 0.25) is 0 Å². The smallest absolute Gasteiger partial charge is 0.394 e. The summed E-state index contributed by atoms with van der Waals surface area (Å²) in [4.78, 5) is 4.07. The largest absolute Gasteiger partial charge is 0.750 e. The molecule has 1 unspecified atom stereocenters. The van der Waals surface area contributed by atoms with E-state index >= 15 is 0 Å². The number of hydrogen-bond donors (Lipinski definition) is 3. The van der Waals surface area contributed by atoms with Crippen molar-refractivity contribution in [1.29, 1.82) is 0 Å². The molecule has 1 fully saturated rings. The van der Waals surface area contributed by atoms with Gasteiger partial charge >= 0.3 is 10.4 Å². The molecule has 1 saturated carbocycles. The van der Waals surface area contributed by atoms with Gasteiger partial charge in [-0.2, -0.15) is 8.42 Å². The second kappa shape index (κ2) is 26.2. The average Bonchev–Trinajstić information content (AvgIpc) is 3.47. The van der Waals surface area contributed by atoms with Crippen molar-refractivity contribution < 1.29 is 30.8 Å². The first kappa shape index (κ1) is 36.3. The Morgan fingerprint density at radius 1 is 0.886 bits per heavy atom. The molecule has 0 radical (unpaired) electrons. The van der Waals surface area contributed by atoms with Crippen molar-refractivity contribution in [3.63, 3.8) is 0 Å². The zero-order valence-corrected chi connectivity index (χ0v) is 23.4. The van der Waals surface area contributed by atoms with Crippen LogP contribution in [0, 0.1) is 5.92 Å². The van der Waals surface area contributed by atoms with Gasteiger partial charge in [0.1, 0.15) is 0 Å². The van der Waals surface area contributed by atoms with Gasteiger partial charge < -0.3 is 13.7 Å². The summed E-state index contributed by atoms with van der Waals surface area (Å²) in [5.74, 6) is 1.13. The lowest BCUT2D eigenvalue weighted by molar-refractivity contribution is 0.380. The SMILES string of the molecule is CCC1CC1.CCCCCCCCCCCCCCCCn1ccnc1.O=S(=O)(O)O.O=S([O-])O. The fraction of sp³-hybridized carbons (Fsp3) is 0.875. The number of unbranched alkanes of at least 4 members (excludes halogenated alkanes) is 13. The van der Waals surface area contributed by atoms with Gasteiger partial charge in [-0.25, -0.2) is 9.19 Å². The normalized spacial score (nSPS) is 13.4. The molecule has 1 heterocycles. The summed E-state index contributed by atoms with van der Waals surface area (Å²) in [6, 6.07) is 0. The van der Waals surface area contributed by atoms with E-state index < -0.39 is 21.8 Å². The van der Waals surface area contributed by atoms with E-state index in [2.05, 4.69) is 29.6 Å². The first-order valence-corrected chi connectivity index (χ1v) is 15.5. The highest BCUT2D eigenvalue weighted by molar-refractivity contribution is 7.79. The van der Waals surface area contributed by atoms with Gasteiger partial charge in [-0.15, -0.1) is 0 Å². The fourth-order valence-electron chi connectivity index (χ4n) is 3.43. The Morgan fingerprint density at radius 3 is 1.51 bits per heavy atom. The molecule has 0 amide bonds. The number of hydrogen-bond acceptors (Lipinski definition) is 5. The molecule has 1 aromatic heterocycles. The molecule has 2 rings (SSSR count). The number of rotatable bonds is 16. The third-order valence-corrected chi connectivity index (χ3v) is 5.60. The lowest BCUT2D eigenvalue weighted by atomic mass is 10.0. The van der Waals surface area contributed by atoms with E-state index in [1.165, 1.54) is 109 Å². The lowest BCUT2D eigenvalue weighted by Gasteiger charge is -2.04. The number of aryl methyl sites for hydroxylation is 1. The van der Waals surface area contributed by atoms with E-state index in [-0.39, 0.29) is 0 Å². The van der Waals surface area contributed by atoms with Crippen LogP contribution in [0.15, 0.2) is 18.7 Å². The molecule has 35 heavy (non-hydrogen) atoms. The quantitative estimate of drug-likeness (QED) is 0.117. The molecule has 11 heteroatoms. The van der Waals surface area contributed by atoms with Crippen LogP contribution in [0.4, 0.5) is 0 Å². The van der Waals surface area contributed by atoms with E-state index in [4.69, 9.17) is 30.8 Å². The maximum absolute atomic E-state index is 8.74. The van der Waals surface area contributed by atoms with Crippen molar-refractivity contribution in [2.45, 2.75) is 130 Å². The minimum atomic E-state index is -4.67. The van der Waals surface area contributed by atoms with Gasteiger partial charge in [-0.3, -0.25) is 9.11 Å². The second-order valence-electron chi connectivity index (χ2n) is 8.91. The van der Waals surface area contributed by atoms with Crippen molar-refractivity contribution in [1.82, 2.24) is 9.55 Å². The third kappa shape index (κ3) is 43.6. The van der Waals surface area contributed by atoms with Crippen LogP contribution in [-0.4, -0.2) is 40.4 Å². The number of nitrogens with zero attached hydrogens (tertiary/aromatic N) is 2. The molecule has 9 nitrogen and oxygen atoms in total. The minimum absolute atomic E-state index is 1.13. The summed E-state index contributed by atoms with van der Waals surface area (Å²) in [5.41, 5.74) is 0. The van der Waals surface area contributed by atoms with Gasteiger partial charge in [0, 0.05) is 18.9 Å². The molecule has 0 aliphatic heterocycles. The van der Waals surface area contributed by atoms with E-state index in [1.54, 1.807) is 0 Å². The molecular formula is C24H49N2O7S2-. The van der Waals surface area contributed by atoms with E-state index in [1.807, 2.05) is 12.5 Å². The minimum Gasteiger partial charge on any atom is -0.750 e. The first-order valence-electron chi connectivity index (χ1n) is 13.0. The van der Waals surface area contributed by atoms with Crippen molar-refractivity contribution in [3.8, 4) is 0 Å². The molecule has 3 N–H and O–H groups in total. The molecule has 1 aliphatic rings. The van der Waals surface area contributed by atoms with E-state index in [0.29, 0.717) is 0 Å². The Kier molecular flexibility index (Phi) is 27.2. The number of aromatic nitrogens is 2. The summed E-state index contributed by atoms with van der Waals surface area (Å²) in [7, 11) is -4.67. The van der Waals surface area contributed by atoms with Crippen molar-refractivity contribution >= 4 is 21.8 Å². The van der Waals surface area contributed by atoms with Crippen LogP contribution < -0.4 is 0 Å². The van der Waals surface area contributed by atoms with Gasteiger partial charge in [0.2, 0.25) is 0 Å². The average molecular weight is 542 g/mol. The molecule has 0 aromatic carbocycles. The highest BCUT2D eigenvalue weighted by Gasteiger charge is 2.17. The highest BCUT2D eigenvalue weighted by atomic mass is 32.3. The molecule has 0 saturated heterocycles. The summed E-state index contributed by atoms with van der Waals surface area (Å²) in [6.07, 6.45) is 30.3. The summed E-state index contributed by atoms with van der Waals surface area (Å²) in [5, 5.41) is 0. The molecule has 1 aromatic rings. The molecule has 0 bridgehead atoms. The van der Waals surface area contributed by atoms with Crippen LogP contribution in [0.5, 0.6) is 0 Å². The maximum Gasteiger partial charge on any atom is 0.394 e. The summed E-state index contributed by atoms with van der Waals surface area (Å²) in [6.45, 7) is 5.69. The predicted molar refractivity (Wildman–Crippen MR) is 141 cm³/mol. The Labute approximate surface area is 216 Å². The Morgan fingerprint density at radius 2 is 1.26 bits per heavy atom. The second-order valence-corrected chi connectivity index (χ2v) is 10.2. The summed E-state index contributed by atoms with van der Waals surface area (Å²) >= 11 is -2.86. The highest BCUT2D eigenvalue weighted by Crippen LogP contribution is 2.31. The van der Waals surface area contributed by atoms with Gasteiger partial charge in [0.15, 0.2) is 0 Å². The molecule has 210 valence electrons. The van der Waals surface area contributed by atoms with E-state index in [0.717, 1.165) is 12.5 Å². The van der Waals surface area contributed by atoms with Gasteiger partial charge in [0.05, 0.1) is 17.7 Å². The monoisotopic (exact) mass is 541 g/mol. The van der Waals surface area contributed by atoms with Crippen molar-refractivity contribution in [3.05, 3.63) is 18.7 Å². The van der Waals surface area contributed by atoms with Crippen LogP contribution in [0.3, 0.4) is 0 Å². The molecule has 1 atom stereocenters. The van der Waals surface area contributed by atoms with Crippen LogP contribution in [-0.2, 0) is 28.3 Å². The van der Waals surface area contributed by atoms with Gasteiger partial charge in [-0.1, -0.05) is 117 Å². The van der Waals surface area contributed by atoms with E-state index in [9.17, 15) is 0 Å². The van der Waals surface area contributed by atoms with Crippen molar-refractivity contribution in [2.24, 2.45) is 5.92 Å². The van der Waals surface area contributed by atoms with Gasteiger partial charge in [-0.05, 0) is 12.3 Å². The van der Waals surface area contributed by atoms with Crippen molar-refractivity contribution in [2.75, 3.05) is 0 Å². The van der Waals surface area contributed by atoms with Crippen LogP contribution >= 0.6 is 0 Å². The molecule has 1 aliphatic carbocycles. The zero-order chi connectivity index (χ0) is 26.8. The zero-order valence-electron chi connectivity index (χ0n) is 21.7. The summed E-state index contributed by atoms with van der Waals surface area (Å²) < 4.78 is 57.8. The Bertz CT molecular complexity index is 655. The van der Waals surface area contributed by atoms with Gasteiger partial charge in [0.25, 0.3) is 0 Å². The number of imidazole rings is 1.